The quantitative estimate of drug-likeness (QED) is 0.662. The average Bonchev–Trinajstić information content (AvgIpc) is 2.28. The molecule has 0 fully saturated rings. The van der Waals surface area contributed by atoms with Gasteiger partial charge in [-0.15, -0.1) is 0 Å². The van der Waals surface area contributed by atoms with E-state index in [0.717, 1.165) is 0 Å². The van der Waals surface area contributed by atoms with Gasteiger partial charge in [-0.05, 0) is 31.2 Å². The highest BCUT2D eigenvalue weighted by molar-refractivity contribution is 6.30. The number of aliphatic carboxylic acids is 1. The fourth-order valence-electron chi connectivity index (χ4n) is 1.37. The third kappa shape index (κ3) is 6.08. The zero-order valence-electron chi connectivity index (χ0n) is 10.3. The molecule has 1 unspecified atom stereocenters. The van der Waals surface area contributed by atoms with Crippen LogP contribution in [0.15, 0.2) is 24.3 Å². The Balaban J connectivity index is 2.43. The zero-order valence-corrected chi connectivity index (χ0v) is 11.1. The molecule has 0 aliphatic heterocycles. The van der Waals surface area contributed by atoms with E-state index in [4.69, 9.17) is 16.7 Å². The molecule has 4 N–H and O–H groups in total. The largest absolute Gasteiger partial charge is 0.481 e. The van der Waals surface area contributed by atoms with Crippen LogP contribution in [-0.2, 0) is 4.79 Å². The Morgan fingerprint density at radius 3 is 2.42 bits per heavy atom. The first kappa shape index (κ1) is 15.3. The maximum Gasteiger partial charge on any atom is 0.319 e. The van der Waals surface area contributed by atoms with Crippen molar-refractivity contribution in [2.45, 2.75) is 18.9 Å². The van der Waals surface area contributed by atoms with Crippen molar-refractivity contribution < 1.29 is 19.8 Å². The summed E-state index contributed by atoms with van der Waals surface area (Å²) in [5.41, 5.74) is -0.955. The number of aliphatic hydroxyl groups is 1. The summed E-state index contributed by atoms with van der Waals surface area (Å²) < 4.78 is 0. The number of carbonyl (C=O) groups is 2. The molecule has 0 radical (unpaired) electrons. The van der Waals surface area contributed by atoms with E-state index < -0.39 is 24.0 Å². The predicted octanol–water partition coefficient (Wildman–Crippen LogP) is 1.69. The van der Waals surface area contributed by atoms with Crippen molar-refractivity contribution in [3.8, 4) is 0 Å². The number of carbonyl (C=O) groups excluding carboxylic acids is 1. The van der Waals surface area contributed by atoms with Crippen LogP contribution in [0.2, 0.25) is 5.02 Å². The number of halogens is 1. The van der Waals surface area contributed by atoms with Crippen LogP contribution in [0, 0.1) is 0 Å². The highest BCUT2D eigenvalue weighted by atomic mass is 35.5. The molecule has 0 saturated carbocycles. The Kier molecular flexibility index (Phi) is 5.14. The van der Waals surface area contributed by atoms with Gasteiger partial charge < -0.3 is 20.8 Å². The van der Waals surface area contributed by atoms with E-state index in [9.17, 15) is 14.7 Å². The third-order valence-electron chi connectivity index (χ3n) is 2.26. The van der Waals surface area contributed by atoms with E-state index in [0.29, 0.717) is 10.7 Å². The number of rotatable bonds is 5. The number of carboxylic acids is 1. The zero-order chi connectivity index (χ0) is 14.5. The van der Waals surface area contributed by atoms with E-state index in [2.05, 4.69) is 10.6 Å². The topological polar surface area (TPSA) is 98.7 Å². The molecule has 0 heterocycles. The Hall–Kier alpha value is -1.79. The second-order valence-electron chi connectivity index (χ2n) is 4.38. The van der Waals surface area contributed by atoms with E-state index in [1.54, 1.807) is 24.3 Å². The second kappa shape index (κ2) is 6.40. The minimum Gasteiger partial charge on any atom is -0.481 e. The number of urea groups is 1. The molecule has 6 nitrogen and oxygen atoms in total. The van der Waals surface area contributed by atoms with Crippen LogP contribution in [0.1, 0.15) is 13.3 Å². The molecule has 1 aromatic carbocycles. The Morgan fingerprint density at radius 2 is 1.89 bits per heavy atom. The van der Waals surface area contributed by atoms with Crippen LogP contribution in [0.4, 0.5) is 10.5 Å². The molecular weight excluding hydrogens is 272 g/mol. The number of anilines is 1. The smallest absolute Gasteiger partial charge is 0.319 e. The van der Waals surface area contributed by atoms with Gasteiger partial charge in [0.2, 0.25) is 0 Å². The SMILES string of the molecule is CC(O)(CNC(=O)Nc1ccc(Cl)cc1)CC(=O)O. The monoisotopic (exact) mass is 286 g/mol. The van der Waals surface area contributed by atoms with Crippen LogP contribution < -0.4 is 10.6 Å². The fourth-order valence-corrected chi connectivity index (χ4v) is 1.49. The Bertz CT molecular complexity index is 459. The summed E-state index contributed by atoms with van der Waals surface area (Å²) >= 11 is 5.70. The summed E-state index contributed by atoms with van der Waals surface area (Å²) in [7, 11) is 0. The van der Waals surface area contributed by atoms with Gasteiger partial charge in [-0.2, -0.15) is 0 Å². The van der Waals surface area contributed by atoms with E-state index in [1.165, 1.54) is 6.92 Å². The fraction of sp³-hybridized carbons (Fsp3) is 0.333. The molecule has 1 atom stereocenters. The van der Waals surface area contributed by atoms with Gasteiger partial charge in [0.25, 0.3) is 0 Å². The van der Waals surface area contributed by atoms with Gasteiger partial charge in [-0.3, -0.25) is 4.79 Å². The summed E-state index contributed by atoms with van der Waals surface area (Å²) in [6.07, 6.45) is -0.450. The Morgan fingerprint density at radius 1 is 1.32 bits per heavy atom. The molecule has 2 amide bonds. The number of nitrogens with one attached hydrogen (secondary N) is 2. The van der Waals surface area contributed by atoms with Crippen molar-refractivity contribution >= 4 is 29.3 Å². The second-order valence-corrected chi connectivity index (χ2v) is 4.82. The lowest BCUT2D eigenvalue weighted by Gasteiger charge is -2.21. The van der Waals surface area contributed by atoms with E-state index in [-0.39, 0.29) is 6.54 Å². The van der Waals surface area contributed by atoms with Crippen LogP contribution in [0.25, 0.3) is 0 Å². The first-order valence-electron chi connectivity index (χ1n) is 5.53. The van der Waals surface area contributed by atoms with Crippen molar-refractivity contribution in [2.75, 3.05) is 11.9 Å². The van der Waals surface area contributed by atoms with Gasteiger partial charge in [0.1, 0.15) is 0 Å². The van der Waals surface area contributed by atoms with E-state index in [1.807, 2.05) is 0 Å². The number of hydrogen-bond donors (Lipinski definition) is 4. The normalized spacial score (nSPS) is 13.4. The molecular formula is C12H15ClN2O4. The molecule has 0 bridgehead atoms. The molecule has 104 valence electrons. The maximum atomic E-state index is 11.5. The van der Waals surface area contributed by atoms with Gasteiger partial charge >= 0.3 is 12.0 Å². The predicted molar refractivity (Wildman–Crippen MR) is 71.4 cm³/mol. The summed E-state index contributed by atoms with van der Waals surface area (Å²) in [5, 5.41) is 23.7. The first-order valence-corrected chi connectivity index (χ1v) is 5.91. The van der Waals surface area contributed by atoms with Crippen LogP contribution in [-0.4, -0.2) is 34.4 Å². The van der Waals surface area contributed by atoms with Crippen LogP contribution in [0.5, 0.6) is 0 Å². The summed E-state index contributed by atoms with van der Waals surface area (Å²) in [6.45, 7) is 1.17. The van der Waals surface area contributed by atoms with Gasteiger partial charge in [0.05, 0.1) is 12.0 Å². The molecule has 0 spiro atoms. The average molecular weight is 287 g/mol. The van der Waals surface area contributed by atoms with Crippen molar-refractivity contribution in [3.05, 3.63) is 29.3 Å². The summed E-state index contributed by atoms with van der Waals surface area (Å²) in [4.78, 5) is 22.0. The van der Waals surface area contributed by atoms with Gasteiger partial charge in [-0.25, -0.2) is 4.79 Å². The van der Waals surface area contributed by atoms with E-state index >= 15 is 0 Å². The van der Waals surface area contributed by atoms with Crippen LogP contribution in [0.3, 0.4) is 0 Å². The van der Waals surface area contributed by atoms with Crippen molar-refractivity contribution in [2.24, 2.45) is 0 Å². The number of benzene rings is 1. The first-order chi connectivity index (χ1) is 8.78. The molecule has 0 aliphatic rings. The van der Waals surface area contributed by atoms with Gasteiger partial charge in [-0.1, -0.05) is 11.6 Å². The summed E-state index contributed by atoms with van der Waals surface area (Å²) in [5.74, 6) is -1.13. The number of amides is 2. The summed E-state index contributed by atoms with van der Waals surface area (Å²) in [6, 6.07) is 5.96. The maximum absolute atomic E-state index is 11.5. The van der Waals surface area contributed by atoms with Crippen molar-refractivity contribution in [1.82, 2.24) is 5.32 Å². The number of carboxylic acid groups (broad SMARTS) is 1. The molecule has 1 aromatic rings. The number of hydrogen-bond acceptors (Lipinski definition) is 3. The van der Waals surface area contributed by atoms with Crippen molar-refractivity contribution in [1.29, 1.82) is 0 Å². The van der Waals surface area contributed by atoms with Crippen molar-refractivity contribution in [3.63, 3.8) is 0 Å². The molecule has 0 aromatic heterocycles. The molecule has 1 rings (SSSR count). The highest BCUT2D eigenvalue weighted by Gasteiger charge is 2.24. The minimum absolute atomic E-state index is 0.168. The molecule has 0 saturated heterocycles. The van der Waals surface area contributed by atoms with Gasteiger partial charge in [0.15, 0.2) is 0 Å². The van der Waals surface area contributed by atoms with Crippen LogP contribution >= 0.6 is 11.6 Å². The Labute approximate surface area is 115 Å². The standard InChI is InChI=1S/C12H15ClN2O4/c1-12(19,6-10(16)17)7-14-11(18)15-9-4-2-8(13)3-5-9/h2-5,19H,6-7H2,1H3,(H,16,17)(H2,14,15,18). The molecule has 19 heavy (non-hydrogen) atoms. The molecule has 0 aliphatic carbocycles. The third-order valence-corrected chi connectivity index (χ3v) is 2.52. The highest BCUT2D eigenvalue weighted by Crippen LogP contribution is 2.13. The molecule has 7 heteroatoms. The lowest BCUT2D eigenvalue weighted by Crippen LogP contribution is -2.43. The lowest BCUT2D eigenvalue weighted by molar-refractivity contribution is -0.141. The van der Waals surface area contributed by atoms with Gasteiger partial charge in [0, 0.05) is 17.3 Å². The lowest BCUT2D eigenvalue weighted by atomic mass is 10.0. The minimum atomic E-state index is -1.50.